The van der Waals surface area contributed by atoms with Gasteiger partial charge in [-0.1, -0.05) is 33.8 Å². The third-order valence-electron chi connectivity index (χ3n) is 3.52. The van der Waals surface area contributed by atoms with Crippen LogP contribution in [-0.2, 0) is 4.43 Å². The molecule has 3 heteroatoms. The van der Waals surface area contributed by atoms with Crippen LogP contribution in [0.15, 0.2) is 9.66 Å². The molecule has 0 aliphatic carbocycles. The van der Waals surface area contributed by atoms with E-state index in [1.165, 1.54) is 3.58 Å². The van der Waals surface area contributed by atoms with E-state index >= 15 is 0 Å². The first-order valence-electron chi connectivity index (χ1n) is 6.47. The molecule has 102 valence electrons. The summed E-state index contributed by atoms with van der Waals surface area (Å²) in [7, 11) is -1.60. The Morgan fingerprint density at radius 2 is 1.76 bits per heavy atom. The van der Waals surface area contributed by atoms with Gasteiger partial charge in [-0.25, -0.2) is 0 Å². The van der Waals surface area contributed by atoms with Crippen molar-refractivity contribution in [1.82, 2.24) is 0 Å². The molecule has 17 heavy (non-hydrogen) atoms. The summed E-state index contributed by atoms with van der Waals surface area (Å²) in [6, 6.07) is 0. The van der Waals surface area contributed by atoms with Crippen LogP contribution < -0.4 is 0 Å². The summed E-state index contributed by atoms with van der Waals surface area (Å²) in [5.41, 5.74) is 0. The zero-order chi connectivity index (χ0) is 13.9. The average Bonchev–Trinajstić information content (AvgIpc) is 1.96. The SMILES string of the molecule is C/C(I)=C\[C@H](C)CC(C)O[Si](C)(C)C(C)(C)C. The van der Waals surface area contributed by atoms with Gasteiger partial charge >= 0.3 is 0 Å². The van der Waals surface area contributed by atoms with Crippen molar-refractivity contribution in [3.05, 3.63) is 9.66 Å². The maximum Gasteiger partial charge on any atom is 0.192 e. The minimum atomic E-state index is -1.60. The second-order valence-corrected chi connectivity index (χ2v) is 13.1. The standard InChI is InChI=1S/C14H29IOSi/c1-11(9-12(2)15)10-13(3)16-17(7,8)14(4,5)6/h9,11,13H,10H2,1-8H3/b12-9+/t11-,13?/m0/s1. The highest BCUT2D eigenvalue weighted by Gasteiger charge is 2.38. The average molecular weight is 368 g/mol. The lowest BCUT2D eigenvalue weighted by Crippen LogP contribution is -2.43. The predicted molar refractivity (Wildman–Crippen MR) is 89.3 cm³/mol. The van der Waals surface area contributed by atoms with Crippen molar-refractivity contribution in [1.29, 1.82) is 0 Å². The number of rotatable bonds is 5. The van der Waals surface area contributed by atoms with Crippen LogP contribution in [0.3, 0.4) is 0 Å². The maximum atomic E-state index is 6.36. The van der Waals surface area contributed by atoms with E-state index in [-0.39, 0.29) is 0 Å². The normalized spacial score (nSPS) is 18.1. The van der Waals surface area contributed by atoms with Crippen LogP contribution in [0, 0.1) is 5.92 Å². The topological polar surface area (TPSA) is 9.23 Å². The van der Waals surface area contributed by atoms with Gasteiger partial charge in [-0.15, -0.1) is 0 Å². The van der Waals surface area contributed by atoms with Crippen LogP contribution >= 0.6 is 22.6 Å². The first-order valence-corrected chi connectivity index (χ1v) is 10.5. The molecule has 0 aromatic heterocycles. The molecule has 1 unspecified atom stereocenters. The van der Waals surface area contributed by atoms with Crippen LogP contribution in [0.25, 0.3) is 0 Å². The van der Waals surface area contributed by atoms with E-state index < -0.39 is 8.32 Å². The first-order chi connectivity index (χ1) is 7.45. The number of hydrogen-bond acceptors (Lipinski definition) is 1. The van der Waals surface area contributed by atoms with Crippen LogP contribution in [0.2, 0.25) is 18.1 Å². The molecule has 0 saturated carbocycles. The van der Waals surface area contributed by atoms with Gasteiger partial charge in [0.25, 0.3) is 0 Å². The molecule has 0 aliphatic rings. The van der Waals surface area contributed by atoms with E-state index in [1.54, 1.807) is 0 Å². The summed E-state index contributed by atoms with van der Waals surface area (Å²) in [5, 5.41) is 0.305. The molecular weight excluding hydrogens is 339 g/mol. The van der Waals surface area contributed by atoms with Crippen molar-refractivity contribution in [2.45, 2.75) is 72.2 Å². The van der Waals surface area contributed by atoms with Crippen LogP contribution in [-0.4, -0.2) is 14.4 Å². The van der Waals surface area contributed by atoms with Crippen molar-refractivity contribution in [2.75, 3.05) is 0 Å². The van der Waals surface area contributed by atoms with Gasteiger partial charge in [0.2, 0.25) is 0 Å². The van der Waals surface area contributed by atoms with Crippen molar-refractivity contribution < 1.29 is 4.43 Å². The third-order valence-corrected chi connectivity index (χ3v) is 8.48. The molecule has 0 radical (unpaired) electrons. The highest BCUT2D eigenvalue weighted by molar-refractivity contribution is 14.1. The van der Waals surface area contributed by atoms with E-state index in [1.807, 2.05) is 0 Å². The lowest BCUT2D eigenvalue weighted by atomic mass is 10.0. The van der Waals surface area contributed by atoms with Crippen LogP contribution in [0.1, 0.15) is 48.0 Å². The smallest absolute Gasteiger partial charge is 0.192 e. The van der Waals surface area contributed by atoms with Gasteiger partial charge in [0.1, 0.15) is 0 Å². The molecule has 0 aliphatic heterocycles. The zero-order valence-corrected chi connectivity index (χ0v) is 15.9. The Kier molecular flexibility index (Phi) is 6.96. The molecule has 0 amide bonds. The summed E-state index contributed by atoms with van der Waals surface area (Å²) in [4.78, 5) is 0. The van der Waals surface area contributed by atoms with E-state index in [4.69, 9.17) is 4.43 Å². The van der Waals surface area contributed by atoms with E-state index in [2.05, 4.69) is 83.3 Å². The van der Waals surface area contributed by atoms with E-state index in [0.29, 0.717) is 17.1 Å². The van der Waals surface area contributed by atoms with Gasteiger partial charge in [0, 0.05) is 6.10 Å². The number of hydrogen-bond donors (Lipinski definition) is 0. The van der Waals surface area contributed by atoms with Crippen molar-refractivity contribution in [2.24, 2.45) is 5.92 Å². The monoisotopic (exact) mass is 368 g/mol. The molecule has 0 bridgehead atoms. The lowest BCUT2D eigenvalue weighted by molar-refractivity contribution is 0.178. The summed E-state index contributed by atoms with van der Waals surface area (Å²) < 4.78 is 7.73. The molecule has 0 aromatic rings. The fraction of sp³-hybridized carbons (Fsp3) is 0.857. The fourth-order valence-corrected chi connectivity index (χ4v) is 3.78. The Balaban J connectivity index is 4.37. The Labute approximate surface area is 123 Å². The molecule has 0 saturated heterocycles. The minimum Gasteiger partial charge on any atom is -0.414 e. The predicted octanol–water partition coefficient (Wildman–Crippen LogP) is 5.76. The quantitative estimate of drug-likeness (QED) is 0.443. The Morgan fingerprint density at radius 1 is 1.29 bits per heavy atom. The minimum absolute atomic E-state index is 0.305. The molecular formula is C14H29IOSi. The lowest BCUT2D eigenvalue weighted by Gasteiger charge is -2.38. The van der Waals surface area contributed by atoms with Crippen molar-refractivity contribution in [3.63, 3.8) is 0 Å². The Hall–Kier alpha value is 0.647. The second kappa shape index (κ2) is 6.71. The summed E-state index contributed by atoms with van der Waals surface area (Å²) in [5.74, 6) is 0.603. The van der Waals surface area contributed by atoms with Gasteiger partial charge in [-0.05, 0) is 70.5 Å². The highest BCUT2D eigenvalue weighted by Crippen LogP contribution is 2.37. The molecule has 1 nitrogen and oxygen atoms in total. The third kappa shape index (κ3) is 6.96. The van der Waals surface area contributed by atoms with Gasteiger partial charge in [0.15, 0.2) is 8.32 Å². The summed E-state index contributed by atoms with van der Waals surface area (Å²) in [6.45, 7) is 18.2. The molecule has 0 N–H and O–H groups in total. The van der Waals surface area contributed by atoms with Crippen molar-refractivity contribution in [3.8, 4) is 0 Å². The Morgan fingerprint density at radius 3 is 2.12 bits per heavy atom. The number of allylic oxidation sites excluding steroid dienone is 2. The van der Waals surface area contributed by atoms with Gasteiger partial charge < -0.3 is 4.43 Å². The molecule has 0 rings (SSSR count). The Bertz CT molecular complexity index is 262. The number of halogens is 1. The van der Waals surface area contributed by atoms with Crippen LogP contribution in [0.4, 0.5) is 0 Å². The first kappa shape index (κ1) is 17.6. The summed E-state index contributed by atoms with van der Waals surface area (Å²) >= 11 is 2.37. The summed E-state index contributed by atoms with van der Waals surface area (Å²) in [6.07, 6.45) is 3.80. The van der Waals surface area contributed by atoms with E-state index in [0.717, 1.165) is 6.42 Å². The van der Waals surface area contributed by atoms with E-state index in [9.17, 15) is 0 Å². The highest BCUT2D eigenvalue weighted by atomic mass is 127. The van der Waals surface area contributed by atoms with Gasteiger partial charge in [-0.3, -0.25) is 0 Å². The fourth-order valence-electron chi connectivity index (χ4n) is 1.71. The molecule has 0 spiro atoms. The maximum absolute atomic E-state index is 6.36. The molecule has 0 fully saturated rings. The van der Waals surface area contributed by atoms with Gasteiger partial charge in [0.05, 0.1) is 0 Å². The zero-order valence-electron chi connectivity index (χ0n) is 12.7. The van der Waals surface area contributed by atoms with Crippen LogP contribution in [0.5, 0.6) is 0 Å². The van der Waals surface area contributed by atoms with Gasteiger partial charge in [-0.2, -0.15) is 0 Å². The molecule has 0 heterocycles. The molecule has 2 atom stereocenters. The second-order valence-electron chi connectivity index (χ2n) is 6.66. The molecule has 0 aromatic carbocycles. The van der Waals surface area contributed by atoms with Crippen molar-refractivity contribution >= 4 is 30.9 Å². The largest absolute Gasteiger partial charge is 0.414 e.